The molecule has 0 bridgehead atoms. The van der Waals surface area contributed by atoms with Gasteiger partial charge in [0.15, 0.2) is 0 Å². The Bertz CT molecular complexity index is 341. The third-order valence-electron chi connectivity index (χ3n) is 2.56. The van der Waals surface area contributed by atoms with E-state index in [4.69, 9.17) is 4.18 Å². The lowest BCUT2D eigenvalue weighted by Crippen LogP contribution is -2.25. The summed E-state index contributed by atoms with van der Waals surface area (Å²) < 4.78 is 18.5. The minimum absolute atomic E-state index is 0.0815. The van der Waals surface area contributed by atoms with E-state index < -0.39 is 11.3 Å². The molecule has 1 aliphatic heterocycles. The Labute approximate surface area is 86.5 Å². The fourth-order valence-electron chi connectivity index (χ4n) is 1.54. The van der Waals surface area contributed by atoms with Crippen molar-refractivity contribution in [2.75, 3.05) is 7.05 Å². The molecule has 1 fully saturated rings. The molecule has 3 nitrogen and oxygen atoms in total. The molecule has 0 aromatic heterocycles. The molecule has 3 atom stereocenters. The second-order valence-electron chi connectivity index (χ2n) is 3.43. The largest absolute Gasteiger partial charge is 0.268 e. The van der Waals surface area contributed by atoms with Gasteiger partial charge < -0.3 is 0 Å². The molecular weight excluding hydrogens is 198 g/mol. The second kappa shape index (κ2) is 3.81. The van der Waals surface area contributed by atoms with Crippen LogP contribution in [0.4, 0.5) is 0 Å². The highest BCUT2D eigenvalue weighted by molar-refractivity contribution is 7.77. The molecule has 0 saturated carbocycles. The van der Waals surface area contributed by atoms with Crippen molar-refractivity contribution in [1.29, 1.82) is 0 Å². The lowest BCUT2D eigenvalue weighted by Gasteiger charge is -2.15. The Hall–Kier alpha value is -0.710. The Kier molecular flexibility index (Phi) is 2.67. The van der Waals surface area contributed by atoms with Crippen molar-refractivity contribution in [3.63, 3.8) is 0 Å². The van der Waals surface area contributed by atoms with Crippen molar-refractivity contribution in [3.8, 4) is 0 Å². The zero-order valence-corrected chi connectivity index (χ0v) is 9.03. The van der Waals surface area contributed by atoms with E-state index in [-0.39, 0.29) is 12.1 Å². The van der Waals surface area contributed by atoms with Gasteiger partial charge in [-0.05, 0) is 12.5 Å². The molecule has 2 rings (SSSR count). The van der Waals surface area contributed by atoms with E-state index in [2.05, 4.69) is 0 Å². The topological polar surface area (TPSA) is 29.5 Å². The smallest absolute Gasteiger partial charge is 0.237 e. The number of hydrogen-bond acceptors (Lipinski definition) is 2. The molecule has 0 aliphatic carbocycles. The van der Waals surface area contributed by atoms with E-state index in [1.54, 1.807) is 4.31 Å². The first-order valence-corrected chi connectivity index (χ1v) is 5.60. The lowest BCUT2D eigenvalue weighted by atomic mass is 10.0. The first kappa shape index (κ1) is 9.83. The summed E-state index contributed by atoms with van der Waals surface area (Å²) in [5.74, 6) is 0. The number of rotatable bonds is 1. The van der Waals surface area contributed by atoms with Crippen LogP contribution >= 0.6 is 0 Å². The van der Waals surface area contributed by atoms with Gasteiger partial charge in [0.25, 0.3) is 0 Å². The van der Waals surface area contributed by atoms with Crippen LogP contribution in [0.25, 0.3) is 0 Å². The summed E-state index contributed by atoms with van der Waals surface area (Å²) in [6.07, 6.45) is -0.0815. The molecule has 14 heavy (non-hydrogen) atoms. The zero-order chi connectivity index (χ0) is 10.1. The Morgan fingerprint density at radius 1 is 1.36 bits per heavy atom. The molecule has 0 spiro atoms. The van der Waals surface area contributed by atoms with E-state index in [0.29, 0.717) is 0 Å². The summed E-state index contributed by atoms with van der Waals surface area (Å²) in [6, 6.07) is 10.0. The van der Waals surface area contributed by atoms with E-state index in [0.717, 1.165) is 5.56 Å². The maximum absolute atomic E-state index is 11.4. The van der Waals surface area contributed by atoms with Crippen LogP contribution < -0.4 is 0 Å². The highest BCUT2D eigenvalue weighted by atomic mass is 32.2. The van der Waals surface area contributed by atoms with E-state index >= 15 is 0 Å². The van der Waals surface area contributed by atoms with Gasteiger partial charge in [-0.2, -0.15) is 4.31 Å². The molecule has 1 aliphatic rings. The third kappa shape index (κ3) is 1.61. The van der Waals surface area contributed by atoms with Crippen LogP contribution in [0.1, 0.15) is 18.6 Å². The Morgan fingerprint density at radius 3 is 2.50 bits per heavy atom. The van der Waals surface area contributed by atoms with Crippen LogP contribution in [-0.4, -0.2) is 21.6 Å². The first-order chi connectivity index (χ1) is 6.70. The summed E-state index contributed by atoms with van der Waals surface area (Å²) >= 11 is -1.29. The van der Waals surface area contributed by atoms with Crippen molar-refractivity contribution in [1.82, 2.24) is 4.31 Å². The summed E-state index contributed by atoms with van der Waals surface area (Å²) in [5.41, 5.74) is 1.08. The van der Waals surface area contributed by atoms with Gasteiger partial charge in [-0.15, -0.1) is 0 Å². The number of nitrogens with zero attached hydrogens (tertiary/aromatic N) is 1. The monoisotopic (exact) mass is 211 g/mol. The average Bonchev–Trinajstić information content (AvgIpc) is 2.47. The quantitative estimate of drug-likeness (QED) is 0.707. The van der Waals surface area contributed by atoms with Gasteiger partial charge in [0, 0.05) is 7.05 Å². The van der Waals surface area contributed by atoms with Crippen LogP contribution in [-0.2, 0) is 15.4 Å². The maximum Gasteiger partial charge on any atom is 0.237 e. The van der Waals surface area contributed by atoms with Crippen molar-refractivity contribution < 1.29 is 8.39 Å². The van der Waals surface area contributed by atoms with Crippen LogP contribution in [0.2, 0.25) is 0 Å². The van der Waals surface area contributed by atoms with Crippen molar-refractivity contribution >= 4 is 11.3 Å². The number of likely N-dealkylation sites (N-methyl/N-ethyl adjacent to an activating group) is 1. The summed E-state index contributed by atoms with van der Waals surface area (Å²) in [4.78, 5) is 0. The average molecular weight is 211 g/mol. The Morgan fingerprint density at radius 2 is 2.00 bits per heavy atom. The van der Waals surface area contributed by atoms with Crippen molar-refractivity contribution in [3.05, 3.63) is 35.9 Å². The maximum atomic E-state index is 11.4. The highest BCUT2D eigenvalue weighted by Gasteiger charge is 2.36. The first-order valence-electron chi connectivity index (χ1n) is 4.57. The van der Waals surface area contributed by atoms with E-state index in [1.807, 2.05) is 44.3 Å². The third-order valence-corrected chi connectivity index (χ3v) is 3.74. The number of hydrogen-bond donors (Lipinski definition) is 0. The highest BCUT2D eigenvalue weighted by Crippen LogP contribution is 2.32. The van der Waals surface area contributed by atoms with Gasteiger partial charge in [0.05, 0.1) is 6.04 Å². The van der Waals surface area contributed by atoms with Crippen LogP contribution in [0.15, 0.2) is 30.3 Å². The van der Waals surface area contributed by atoms with Gasteiger partial charge >= 0.3 is 0 Å². The zero-order valence-electron chi connectivity index (χ0n) is 8.21. The predicted molar refractivity (Wildman–Crippen MR) is 55.6 cm³/mol. The molecule has 0 amide bonds. The van der Waals surface area contributed by atoms with Gasteiger partial charge in [-0.25, -0.2) is 4.21 Å². The molecule has 4 heteroatoms. The van der Waals surface area contributed by atoms with E-state index in [9.17, 15) is 4.21 Å². The molecule has 0 radical (unpaired) electrons. The molecule has 76 valence electrons. The lowest BCUT2D eigenvalue weighted by molar-refractivity contribution is 0.218. The molecule has 1 unspecified atom stereocenters. The second-order valence-corrected chi connectivity index (χ2v) is 4.63. The SMILES string of the molecule is C[C@H]1[C@@H](c2ccccc2)OS(=O)N1C. The van der Waals surface area contributed by atoms with Gasteiger partial charge in [-0.1, -0.05) is 30.3 Å². The fourth-order valence-corrected chi connectivity index (χ4v) is 2.51. The minimum atomic E-state index is -1.29. The fraction of sp³-hybridized carbons (Fsp3) is 0.400. The number of benzene rings is 1. The van der Waals surface area contributed by atoms with Crippen molar-refractivity contribution in [2.45, 2.75) is 19.1 Å². The summed E-state index contributed by atoms with van der Waals surface area (Å²) in [5, 5.41) is 0. The molecular formula is C10H13NO2S. The van der Waals surface area contributed by atoms with Gasteiger partial charge in [0.2, 0.25) is 11.3 Å². The Balaban J connectivity index is 2.26. The van der Waals surface area contributed by atoms with Crippen molar-refractivity contribution in [2.24, 2.45) is 0 Å². The van der Waals surface area contributed by atoms with E-state index in [1.165, 1.54) is 0 Å². The van der Waals surface area contributed by atoms with Crippen LogP contribution in [0, 0.1) is 0 Å². The summed E-state index contributed by atoms with van der Waals surface area (Å²) in [7, 11) is 1.81. The molecule has 0 N–H and O–H groups in total. The molecule has 1 aromatic rings. The summed E-state index contributed by atoms with van der Waals surface area (Å²) in [6.45, 7) is 2.02. The van der Waals surface area contributed by atoms with Gasteiger partial charge in [0.1, 0.15) is 6.10 Å². The normalized spacial score (nSPS) is 33.4. The molecule has 1 saturated heterocycles. The standard InChI is InChI=1S/C10H13NO2S/c1-8-10(13-14(12)11(8)2)9-6-4-3-5-7-9/h3-8,10H,1-2H3/t8-,10-,14?/m0/s1. The predicted octanol–water partition coefficient (Wildman–Crippen LogP) is 1.66. The molecule has 1 heterocycles. The van der Waals surface area contributed by atoms with Crippen LogP contribution in [0.3, 0.4) is 0 Å². The van der Waals surface area contributed by atoms with Gasteiger partial charge in [-0.3, -0.25) is 4.18 Å². The minimum Gasteiger partial charge on any atom is -0.268 e. The van der Waals surface area contributed by atoms with Crippen LogP contribution in [0.5, 0.6) is 0 Å². The molecule has 1 aromatic carbocycles.